The number of nitrogens with one attached hydrogen (secondary N) is 1. The maximum atomic E-state index is 12.6. The smallest absolute Gasteiger partial charge is 0.331 e. The molecule has 5 nitrogen and oxygen atoms in total. The van der Waals surface area contributed by atoms with Crippen LogP contribution in [0, 0.1) is 23.2 Å². The fourth-order valence-corrected chi connectivity index (χ4v) is 6.04. The van der Waals surface area contributed by atoms with Gasteiger partial charge in [-0.3, -0.25) is 4.79 Å². The van der Waals surface area contributed by atoms with E-state index in [2.05, 4.69) is 5.32 Å². The highest BCUT2D eigenvalue weighted by Crippen LogP contribution is 2.61. The third-order valence-corrected chi connectivity index (χ3v) is 6.51. The van der Waals surface area contributed by atoms with Crippen LogP contribution in [0.1, 0.15) is 51.4 Å². The maximum Gasteiger partial charge on any atom is 0.331 e. The minimum atomic E-state index is -1.20. The molecule has 22 heavy (non-hydrogen) atoms. The van der Waals surface area contributed by atoms with E-state index < -0.39 is 11.5 Å². The van der Waals surface area contributed by atoms with E-state index in [1.165, 1.54) is 38.5 Å². The number of carbonyl (C=O) groups excluding carboxylic acids is 1. The van der Waals surface area contributed by atoms with E-state index in [1.54, 1.807) is 0 Å². The van der Waals surface area contributed by atoms with E-state index >= 15 is 0 Å². The summed E-state index contributed by atoms with van der Waals surface area (Å²) < 4.78 is 5.22. The third kappa shape index (κ3) is 2.34. The fourth-order valence-electron chi connectivity index (χ4n) is 6.04. The summed E-state index contributed by atoms with van der Waals surface area (Å²) in [5, 5.41) is 12.3. The van der Waals surface area contributed by atoms with Gasteiger partial charge in [-0.05, 0) is 61.7 Å². The van der Waals surface area contributed by atoms with Gasteiger partial charge in [0.25, 0.3) is 0 Å². The first-order chi connectivity index (χ1) is 10.5. The van der Waals surface area contributed by atoms with E-state index in [0.717, 1.165) is 17.8 Å². The van der Waals surface area contributed by atoms with Crippen LogP contribution in [-0.2, 0) is 14.3 Å². The zero-order valence-electron chi connectivity index (χ0n) is 13.0. The second-order valence-electron chi connectivity index (χ2n) is 8.33. The lowest BCUT2D eigenvalue weighted by Crippen LogP contribution is -2.56. The lowest BCUT2D eigenvalue weighted by Gasteiger charge is -2.56. The van der Waals surface area contributed by atoms with E-state index in [4.69, 9.17) is 4.74 Å². The minimum absolute atomic E-state index is 0.0881. The van der Waals surface area contributed by atoms with Crippen molar-refractivity contribution in [2.75, 3.05) is 13.2 Å². The second kappa shape index (κ2) is 4.95. The van der Waals surface area contributed by atoms with Crippen LogP contribution in [0.2, 0.25) is 0 Å². The van der Waals surface area contributed by atoms with E-state index in [-0.39, 0.29) is 17.9 Å². The first-order valence-electron chi connectivity index (χ1n) is 8.61. The molecule has 0 radical (unpaired) electrons. The Morgan fingerprint density at radius 3 is 2.14 bits per heavy atom. The lowest BCUT2D eigenvalue weighted by molar-refractivity contribution is -0.149. The standard InChI is InChI=1S/C17H25NO4/c19-14(18-17(15(20)21)1-2-22-10-17)9-16-6-11-3-12(7-16)5-13(4-11)8-16/h11-13H,1-10H2,(H,18,19)(H,20,21). The highest BCUT2D eigenvalue weighted by molar-refractivity contribution is 5.87. The number of hydrogen-bond acceptors (Lipinski definition) is 3. The van der Waals surface area contributed by atoms with Crippen LogP contribution >= 0.6 is 0 Å². The molecule has 5 fully saturated rings. The van der Waals surface area contributed by atoms with Gasteiger partial charge < -0.3 is 15.2 Å². The normalized spacial score (nSPS) is 45.9. The number of carbonyl (C=O) groups is 2. The molecule has 1 amide bonds. The van der Waals surface area contributed by atoms with E-state index in [9.17, 15) is 14.7 Å². The van der Waals surface area contributed by atoms with Gasteiger partial charge >= 0.3 is 5.97 Å². The van der Waals surface area contributed by atoms with Crippen LogP contribution in [-0.4, -0.2) is 35.7 Å². The Labute approximate surface area is 130 Å². The number of rotatable bonds is 4. The van der Waals surface area contributed by atoms with Crippen LogP contribution in [0.15, 0.2) is 0 Å². The zero-order chi connectivity index (χ0) is 15.4. The summed E-state index contributed by atoms with van der Waals surface area (Å²) in [7, 11) is 0. The van der Waals surface area contributed by atoms with Gasteiger partial charge in [0, 0.05) is 19.4 Å². The molecular formula is C17H25NO4. The predicted octanol–water partition coefficient (Wildman–Crippen LogP) is 1.95. The molecule has 1 aliphatic heterocycles. The summed E-state index contributed by atoms with van der Waals surface area (Å²) in [5.74, 6) is 1.37. The Morgan fingerprint density at radius 2 is 1.68 bits per heavy atom. The highest BCUT2D eigenvalue weighted by atomic mass is 16.5. The Balaban J connectivity index is 1.45. The molecule has 5 heteroatoms. The fraction of sp³-hybridized carbons (Fsp3) is 0.882. The number of carboxylic acid groups (broad SMARTS) is 1. The first kappa shape index (κ1) is 14.5. The van der Waals surface area contributed by atoms with Crippen molar-refractivity contribution in [3.8, 4) is 0 Å². The summed E-state index contributed by atoms with van der Waals surface area (Å²) in [6.45, 7) is 0.499. The van der Waals surface area contributed by atoms with Crippen molar-refractivity contribution in [1.29, 1.82) is 0 Å². The highest BCUT2D eigenvalue weighted by Gasteiger charge is 2.52. The molecule has 4 bridgehead atoms. The molecule has 0 spiro atoms. The molecule has 1 unspecified atom stereocenters. The Bertz CT molecular complexity index is 460. The van der Waals surface area contributed by atoms with Crippen molar-refractivity contribution in [2.24, 2.45) is 23.2 Å². The lowest BCUT2D eigenvalue weighted by atomic mass is 9.49. The van der Waals surface area contributed by atoms with E-state index in [0.29, 0.717) is 19.4 Å². The molecular weight excluding hydrogens is 282 g/mol. The Hall–Kier alpha value is -1.10. The molecule has 2 N–H and O–H groups in total. The van der Waals surface area contributed by atoms with Crippen LogP contribution in [0.4, 0.5) is 0 Å². The molecule has 0 aromatic heterocycles. The topological polar surface area (TPSA) is 75.6 Å². The van der Waals surface area contributed by atoms with Crippen molar-refractivity contribution < 1.29 is 19.4 Å². The quantitative estimate of drug-likeness (QED) is 0.832. The van der Waals surface area contributed by atoms with Crippen molar-refractivity contribution in [3.63, 3.8) is 0 Å². The van der Waals surface area contributed by atoms with Gasteiger partial charge in [0.15, 0.2) is 5.54 Å². The first-order valence-corrected chi connectivity index (χ1v) is 8.61. The van der Waals surface area contributed by atoms with Crippen molar-refractivity contribution in [2.45, 2.75) is 56.9 Å². The number of hydrogen-bond donors (Lipinski definition) is 2. The zero-order valence-corrected chi connectivity index (χ0v) is 13.0. The van der Waals surface area contributed by atoms with Gasteiger partial charge in [0.2, 0.25) is 5.91 Å². The second-order valence-corrected chi connectivity index (χ2v) is 8.33. The molecule has 5 aliphatic rings. The van der Waals surface area contributed by atoms with Crippen LogP contribution < -0.4 is 5.32 Å². The van der Waals surface area contributed by atoms with E-state index in [1.807, 2.05) is 0 Å². The average Bonchev–Trinajstić information content (AvgIpc) is 2.85. The van der Waals surface area contributed by atoms with Gasteiger partial charge in [-0.15, -0.1) is 0 Å². The Kier molecular flexibility index (Phi) is 3.26. The number of carboxylic acids is 1. The van der Waals surface area contributed by atoms with Crippen LogP contribution in [0.3, 0.4) is 0 Å². The van der Waals surface area contributed by atoms with Gasteiger partial charge in [0.1, 0.15) is 0 Å². The monoisotopic (exact) mass is 307 g/mol. The average molecular weight is 307 g/mol. The SMILES string of the molecule is O=C(CC12CC3CC(CC(C3)C1)C2)NC1(C(=O)O)CCOC1. The molecule has 0 aromatic rings. The van der Waals surface area contributed by atoms with Crippen LogP contribution in [0.25, 0.3) is 0 Å². The van der Waals surface area contributed by atoms with Crippen LogP contribution in [0.5, 0.6) is 0 Å². The summed E-state index contributed by atoms with van der Waals surface area (Å²) in [4.78, 5) is 24.1. The van der Waals surface area contributed by atoms with Crippen molar-refractivity contribution in [3.05, 3.63) is 0 Å². The summed E-state index contributed by atoms with van der Waals surface area (Å²) >= 11 is 0. The molecule has 4 aliphatic carbocycles. The maximum absolute atomic E-state index is 12.6. The minimum Gasteiger partial charge on any atom is -0.479 e. The summed E-state index contributed by atoms with van der Waals surface area (Å²) in [5.41, 5.74) is -1.04. The third-order valence-electron chi connectivity index (χ3n) is 6.51. The number of amides is 1. The molecule has 1 atom stereocenters. The van der Waals surface area contributed by atoms with Gasteiger partial charge in [-0.2, -0.15) is 0 Å². The van der Waals surface area contributed by atoms with Gasteiger partial charge in [-0.25, -0.2) is 4.79 Å². The predicted molar refractivity (Wildman–Crippen MR) is 79.2 cm³/mol. The molecule has 122 valence electrons. The molecule has 4 saturated carbocycles. The van der Waals surface area contributed by atoms with Crippen molar-refractivity contribution >= 4 is 11.9 Å². The molecule has 1 saturated heterocycles. The van der Waals surface area contributed by atoms with Crippen molar-refractivity contribution in [1.82, 2.24) is 5.32 Å². The largest absolute Gasteiger partial charge is 0.479 e. The molecule has 1 heterocycles. The van der Waals surface area contributed by atoms with Gasteiger partial charge in [-0.1, -0.05) is 0 Å². The summed E-state index contributed by atoms with van der Waals surface area (Å²) in [6, 6.07) is 0. The number of ether oxygens (including phenoxy) is 1. The molecule has 5 rings (SSSR count). The summed E-state index contributed by atoms with van der Waals surface area (Å²) in [6.07, 6.45) is 8.45. The van der Waals surface area contributed by atoms with Gasteiger partial charge in [0.05, 0.1) is 6.61 Å². The Morgan fingerprint density at radius 1 is 1.09 bits per heavy atom. The molecule has 0 aromatic carbocycles. The number of aliphatic carboxylic acids is 1.